The number of hydrogen-bond donors (Lipinski definition) is 1. The average molecular weight is 763 g/mol. The van der Waals surface area contributed by atoms with Gasteiger partial charge >= 0.3 is 24.4 Å². The number of halogens is 6. The van der Waals surface area contributed by atoms with Gasteiger partial charge in [0.25, 0.3) is 0 Å². The molecule has 0 spiro atoms. The molecule has 1 N–H and O–H groups in total. The van der Waals surface area contributed by atoms with Gasteiger partial charge in [-0.05, 0) is 65.8 Å². The molecule has 0 saturated heterocycles. The van der Waals surface area contributed by atoms with Gasteiger partial charge in [-0.2, -0.15) is 4.99 Å². The van der Waals surface area contributed by atoms with Crippen LogP contribution in [0.3, 0.4) is 0 Å². The fraction of sp³-hybridized carbons (Fsp3) is 0.294. The fourth-order valence-corrected chi connectivity index (χ4v) is 5.98. The summed E-state index contributed by atoms with van der Waals surface area (Å²) in [6, 6.07) is 17.4. The number of ether oxygens (including phenoxy) is 2. The summed E-state index contributed by atoms with van der Waals surface area (Å²) in [7, 11) is 0. The molecule has 0 aliphatic rings. The third-order valence-electron chi connectivity index (χ3n) is 7.38. The monoisotopic (exact) mass is 762 g/mol. The largest absolute Gasteiger partial charge is 0.575 e. The van der Waals surface area contributed by atoms with E-state index in [1.807, 2.05) is 19.9 Å². The number of amides is 1. The summed E-state index contributed by atoms with van der Waals surface area (Å²) >= 11 is 0.828. The Labute approximate surface area is 301 Å². The molecule has 5 aromatic rings. The van der Waals surface area contributed by atoms with E-state index in [0.29, 0.717) is 22.5 Å². The summed E-state index contributed by atoms with van der Waals surface area (Å²) in [5.74, 6) is -0.746. The number of carbonyl (C=O) groups is 1. The SMILES string of the molecule is CCn1s/c(=N\C(=N\C(Cc2ccc(-c3ncn(-c4ccc(OC(F)(F)F)cc4)n3)cc2)NC(C)=O)OC(F)(F)F)n(-c2ccccc2C(C)C)c1=O. The predicted octanol–water partition coefficient (Wildman–Crippen LogP) is 6.49. The molecule has 5 rings (SSSR count). The third kappa shape index (κ3) is 10.2. The van der Waals surface area contributed by atoms with Gasteiger partial charge < -0.3 is 14.8 Å². The highest BCUT2D eigenvalue weighted by Gasteiger charge is 2.34. The lowest BCUT2D eigenvalue weighted by Gasteiger charge is -2.16. The summed E-state index contributed by atoms with van der Waals surface area (Å²) < 4.78 is 90.6. The lowest BCUT2D eigenvalue weighted by atomic mass is 10.0. The molecule has 1 unspecified atom stereocenters. The number of hydrogen-bond acceptors (Lipinski definition) is 8. The highest BCUT2D eigenvalue weighted by Crippen LogP contribution is 2.25. The standard InChI is InChI=1S/C34H32F6N8O4S/c1-5-47-32(50)48(27-9-7-6-8-26(27)20(2)3)31(53-47)44-30(52-34(38,39)40)43-28(42-21(4)49)18-22-10-12-23(13-11-22)29-41-19-46(45-29)24-14-16-25(17-15-24)51-33(35,36)37/h6-17,19-20,28H,5,18H2,1-4H3,(H,42,49)/b43-30-,44-31-. The Morgan fingerprint density at radius 1 is 0.962 bits per heavy atom. The van der Waals surface area contributed by atoms with Gasteiger partial charge in [0, 0.05) is 25.5 Å². The average Bonchev–Trinajstić information content (AvgIpc) is 3.68. The molecule has 2 heterocycles. The second kappa shape index (κ2) is 15.9. The Kier molecular flexibility index (Phi) is 11.5. The summed E-state index contributed by atoms with van der Waals surface area (Å²) in [4.78, 5) is 37.8. The van der Waals surface area contributed by atoms with Crippen LogP contribution in [-0.4, -0.2) is 54.1 Å². The molecule has 53 heavy (non-hydrogen) atoms. The molecule has 1 amide bonds. The minimum absolute atomic E-state index is 0.0370. The summed E-state index contributed by atoms with van der Waals surface area (Å²) in [5.41, 5.74) is 2.19. The van der Waals surface area contributed by atoms with Gasteiger partial charge in [-0.15, -0.1) is 31.4 Å². The van der Waals surface area contributed by atoms with Crippen LogP contribution in [0, 0.1) is 0 Å². The molecule has 1 atom stereocenters. The van der Waals surface area contributed by atoms with Crippen LogP contribution >= 0.6 is 11.5 Å². The first kappa shape index (κ1) is 38.5. The molecule has 19 heteroatoms. The van der Waals surface area contributed by atoms with Gasteiger partial charge in [0.2, 0.25) is 10.7 Å². The minimum atomic E-state index is -5.21. The Hall–Kier alpha value is -5.72. The number of aryl methyl sites for hydroxylation is 1. The van der Waals surface area contributed by atoms with Crippen molar-refractivity contribution < 1.29 is 40.6 Å². The van der Waals surface area contributed by atoms with E-state index in [-0.39, 0.29) is 29.5 Å². The summed E-state index contributed by atoms with van der Waals surface area (Å²) in [6.45, 7) is 6.94. The molecule has 0 radical (unpaired) electrons. The van der Waals surface area contributed by atoms with Crippen LogP contribution in [0.4, 0.5) is 26.3 Å². The van der Waals surface area contributed by atoms with Gasteiger partial charge in [-0.25, -0.2) is 28.0 Å². The Bertz CT molecular complexity index is 2200. The van der Waals surface area contributed by atoms with Crippen molar-refractivity contribution in [3.05, 3.63) is 106 Å². The smallest absolute Gasteiger partial charge is 0.406 e. The van der Waals surface area contributed by atoms with Crippen LogP contribution in [-0.2, 0) is 22.5 Å². The van der Waals surface area contributed by atoms with Crippen molar-refractivity contribution in [3.63, 3.8) is 0 Å². The van der Waals surface area contributed by atoms with Crippen LogP contribution in [0.1, 0.15) is 44.7 Å². The lowest BCUT2D eigenvalue weighted by molar-refractivity contribution is -0.284. The second-order valence-corrected chi connectivity index (χ2v) is 12.6. The van der Waals surface area contributed by atoms with E-state index in [2.05, 4.69) is 34.9 Å². The van der Waals surface area contributed by atoms with E-state index in [1.54, 1.807) is 49.4 Å². The van der Waals surface area contributed by atoms with Crippen molar-refractivity contribution in [1.29, 1.82) is 0 Å². The predicted molar refractivity (Wildman–Crippen MR) is 183 cm³/mol. The first-order valence-corrected chi connectivity index (χ1v) is 16.7. The molecule has 0 aliphatic heterocycles. The normalized spacial score (nSPS) is 13.3. The molecule has 2 aromatic heterocycles. The number of alkyl halides is 6. The van der Waals surface area contributed by atoms with Gasteiger partial charge in [-0.3, -0.25) is 4.79 Å². The van der Waals surface area contributed by atoms with Crippen LogP contribution < -0.4 is 20.5 Å². The van der Waals surface area contributed by atoms with E-state index >= 15 is 0 Å². The maximum Gasteiger partial charge on any atom is 0.575 e. The number of rotatable bonds is 10. The van der Waals surface area contributed by atoms with Crippen molar-refractivity contribution in [2.75, 3.05) is 0 Å². The number of carbonyl (C=O) groups excluding carboxylic acids is 1. The van der Waals surface area contributed by atoms with Gasteiger partial charge in [-0.1, -0.05) is 56.3 Å². The maximum absolute atomic E-state index is 13.7. The van der Waals surface area contributed by atoms with Crippen molar-refractivity contribution in [2.45, 2.75) is 65.5 Å². The molecule has 12 nitrogen and oxygen atoms in total. The zero-order chi connectivity index (χ0) is 38.5. The van der Waals surface area contributed by atoms with Crippen LogP contribution in [0.15, 0.2) is 93.9 Å². The van der Waals surface area contributed by atoms with Crippen molar-refractivity contribution >= 4 is 23.5 Å². The van der Waals surface area contributed by atoms with Gasteiger partial charge in [0.05, 0.1) is 11.4 Å². The molecule has 0 saturated carbocycles. The topological polar surface area (TPSA) is 130 Å². The van der Waals surface area contributed by atoms with Gasteiger partial charge in [0.15, 0.2) is 5.82 Å². The minimum Gasteiger partial charge on any atom is -0.406 e. The zero-order valence-electron chi connectivity index (χ0n) is 28.5. The lowest BCUT2D eigenvalue weighted by Crippen LogP contribution is -2.35. The maximum atomic E-state index is 13.7. The molecule has 3 aromatic carbocycles. The summed E-state index contributed by atoms with van der Waals surface area (Å²) in [6.07, 6.45) is -10.0. The number of benzene rings is 3. The van der Waals surface area contributed by atoms with E-state index in [4.69, 9.17) is 0 Å². The molecule has 0 fully saturated rings. The molecule has 0 bridgehead atoms. The first-order valence-electron chi connectivity index (χ1n) is 15.9. The zero-order valence-corrected chi connectivity index (χ0v) is 29.3. The van der Waals surface area contributed by atoms with Crippen LogP contribution in [0.2, 0.25) is 0 Å². The highest BCUT2D eigenvalue weighted by atomic mass is 32.1. The van der Waals surface area contributed by atoms with Crippen molar-refractivity contribution in [3.8, 4) is 28.5 Å². The highest BCUT2D eigenvalue weighted by molar-refractivity contribution is 7.03. The third-order valence-corrected chi connectivity index (χ3v) is 8.45. The quantitative estimate of drug-likeness (QED) is 0.0985. The Morgan fingerprint density at radius 3 is 2.25 bits per heavy atom. The van der Waals surface area contributed by atoms with Crippen LogP contribution in [0.5, 0.6) is 5.75 Å². The number of nitrogens with zero attached hydrogens (tertiary/aromatic N) is 7. The number of para-hydroxylation sites is 1. The van der Waals surface area contributed by atoms with E-state index in [1.165, 1.54) is 38.6 Å². The van der Waals surface area contributed by atoms with Crippen molar-refractivity contribution in [1.82, 2.24) is 28.6 Å². The Balaban J connectivity index is 1.45. The first-order chi connectivity index (χ1) is 25.0. The second-order valence-electron chi connectivity index (χ2n) is 11.6. The molecular weight excluding hydrogens is 730 g/mol. The number of nitrogens with one attached hydrogen (secondary N) is 1. The molecule has 280 valence electrons. The van der Waals surface area contributed by atoms with E-state index < -0.39 is 42.3 Å². The van der Waals surface area contributed by atoms with Crippen LogP contribution in [0.25, 0.3) is 22.8 Å². The molecular formula is C34H32F6N8O4S. The number of amidine groups is 1. The fourth-order valence-electron chi connectivity index (χ4n) is 5.12. The molecule has 0 aliphatic carbocycles. The van der Waals surface area contributed by atoms with Gasteiger partial charge in [0.1, 0.15) is 18.2 Å². The van der Waals surface area contributed by atoms with E-state index in [0.717, 1.165) is 29.2 Å². The van der Waals surface area contributed by atoms with Crippen molar-refractivity contribution in [2.24, 2.45) is 9.98 Å². The number of aromatic nitrogens is 5. The van der Waals surface area contributed by atoms with E-state index in [9.17, 15) is 35.9 Å². The number of aliphatic imine (C=N–C) groups is 1. The Morgan fingerprint density at radius 2 is 1.64 bits per heavy atom. The summed E-state index contributed by atoms with van der Waals surface area (Å²) in [5, 5.41) is 6.87.